The van der Waals surface area contributed by atoms with Crippen molar-refractivity contribution >= 4 is 27.6 Å². The number of carbonyl (C=O) groups is 1. The third kappa shape index (κ3) is 3.20. The zero-order chi connectivity index (χ0) is 15.5. The van der Waals surface area contributed by atoms with E-state index >= 15 is 0 Å². The highest BCUT2D eigenvalue weighted by Gasteiger charge is 2.26. The summed E-state index contributed by atoms with van der Waals surface area (Å²) in [5.74, 6) is -1.21. The van der Waals surface area contributed by atoms with Gasteiger partial charge in [-0.25, -0.2) is 13.2 Å². The van der Waals surface area contributed by atoms with Crippen molar-refractivity contribution in [2.75, 3.05) is 13.1 Å². The normalized spacial score (nSPS) is 11.6. The first-order chi connectivity index (χ1) is 9.25. The highest BCUT2D eigenvalue weighted by atomic mass is 35.5. The van der Waals surface area contributed by atoms with Gasteiger partial charge >= 0.3 is 5.97 Å². The minimum absolute atomic E-state index is 0.0706. The van der Waals surface area contributed by atoms with E-state index in [0.717, 1.165) is 0 Å². The van der Waals surface area contributed by atoms with Gasteiger partial charge in [0.25, 0.3) is 0 Å². The molecule has 0 saturated carbocycles. The van der Waals surface area contributed by atoms with Gasteiger partial charge in [0.2, 0.25) is 10.0 Å². The van der Waals surface area contributed by atoms with Crippen molar-refractivity contribution in [2.45, 2.75) is 18.7 Å². The van der Waals surface area contributed by atoms with Gasteiger partial charge in [-0.05, 0) is 24.6 Å². The van der Waals surface area contributed by atoms with Crippen LogP contribution < -0.4 is 0 Å². The molecule has 110 valence electrons. The van der Waals surface area contributed by atoms with Gasteiger partial charge in [0.1, 0.15) is 0 Å². The third-order valence-corrected chi connectivity index (χ3v) is 5.14. The molecule has 0 aliphatic rings. The largest absolute Gasteiger partial charge is 0.478 e. The number of aromatic carboxylic acids is 1. The summed E-state index contributed by atoms with van der Waals surface area (Å²) in [5, 5.41) is 9.17. The number of hydrogen-bond acceptors (Lipinski definition) is 3. The van der Waals surface area contributed by atoms with Gasteiger partial charge in [-0.2, -0.15) is 4.31 Å². The summed E-state index contributed by atoms with van der Waals surface area (Å²) < 4.78 is 26.3. The molecular weight excluding hydrogens is 302 g/mol. The van der Waals surface area contributed by atoms with Crippen molar-refractivity contribution < 1.29 is 18.3 Å². The van der Waals surface area contributed by atoms with Gasteiger partial charge in [0, 0.05) is 18.1 Å². The van der Waals surface area contributed by atoms with Crippen LogP contribution in [0.4, 0.5) is 0 Å². The molecule has 0 amide bonds. The Morgan fingerprint density at radius 3 is 2.55 bits per heavy atom. The minimum Gasteiger partial charge on any atom is -0.478 e. The smallest absolute Gasteiger partial charge is 0.336 e. The lowest BCUT2D eigenvalue weighted by Gasteiger charge is -2.20. The van der Waals surface area contributed by atoms with Gasteiger partial charge in [-0.1, -0.05) is 24.6 Å². The first kappa shape index (κ1) is 16.7. The average molecular weight is 318 g/mol. The molecule has 1 aromatic rings. The second-order valence-corrected chi connectivity index (χ2v) is 6.47. The van der Waals surface area contributed by atoms with Crippen LogP contribution in [-0.2, 0) is 10.0 Å². The zero-order valence-corrected chi connectivity index (χ0v) is 12.8. The van der Waals surface area contributed by atoms with E-state index in [0.29, 0.717) is 0 Å². The van der Waals surface area contributed by atoms with Crippen molar-refractivity contribution in [1.82, 2.24) is 4.31 Å². The summed E-state index contributed by atoms with van der Waals surface area (Å²) in [6, 6.07) is 2.51. The van der Waals surface area contributed by atoms with Crippen LogP contribution in [0.1, 0.15) is 22.8 Å². The van der Waals surface area contributed by atoms with Crippen LogP contribution in [0.2, 0.25) is 5.02 Å². The fourth-order valence-corrected chi connectivity index (χ4v) is 3.80. The second-order valence-electron chi connectivity index (χ2n) is 4.13. The number of sulfonamides is 1. The van der Waals surface area contributed by atoms with E-state index in [1.165, 1.54) is 29.4 Å². The van der Waals surface area contributed by atoms with Crippen molar-refractivity contribution in [1.29, 1.82) is 0 Å². The SMILES string of the molecule is C=CCN(CC)S(=O)(=O)c1cc(Cl)cc(C(=O)O)c1C. The summed E-state index contributed by atoms with van der Waals surface area (Å²) in [6.07, 6.45) is 1.47. The molecule has 0 aliphatic heterocycles. The van der Waals surface area contributed by atoms with Crippen LogP contribution in [0.15, 0.2) is 29.7 Å². The van der Waals surface area contributed by atoms with Crippen LogP contribution >= 0.6 is 11.6 Å². The van der Waals surface area contributed by atoms with Crippen LogP contribution in [0.5, 0.6) is 0 Å². The predicted molar refractivity (Wildman–Crippen MR) is 77.8 cm³/mol. The van der Waals surface area contributed by atoms with E-state index in [4.69, 9.17) is 16.7 Å². The number of carboxylic acids is 1. The molecule has 1 N–H and O–H groups in total. The zero-order valence-electron chi connectivity index (χ0n) is 11.3. The molecule has 20 heavy (non-hydrogen) atoms. The van der Waals surface area contributed by atoms with Crippen LogP contribution in [0.3, 0.4) is 0 Å². The van der Waals surface area contributed by atoms with Crippen LogP contribution in [0.25, 0.3) is 0 Å². The maximum atomic E-state index is 12.5. The number of rotatable bonds is 6. The number of nitrogens with zero attached hydrogens (tertiary/aromatic N) is 1. The standard InChI is InChI=1S/C13H16ClNO4S/c1-4-6-15(5-2)20(18,19)12-8-10(14)7-11(9(12)3)13(16)17/h4,7-8H,1,5-6H2,2-3H3,(H,16,17). The maximum absolute atomic E-state index is 12.5. The van der Waals surface area contributed by atoms with Crippen LogP contribution in [-0.4, -0.2) is 36.9 Å². The monoisotopic (exact) mass is 317 g/mol. The molecule has 0 unspecified atom stereocenters. The Bertz CT molecular complexity index is 640. The molecule has 0 aliphatic carbocycles. The quantitative estimate of drug-likeness (QED) is 0.818. The highest BCUT2D eigenvalue weighted by molar-refractivity contribution is 7.89. The molecule has 0 fully saturated rings. The highest BCUT2D eigenvalue weighted by Crippen LogP contribution is 2.27. The van der Waals surface area contributed by atoms with Gasteiger partial charge in [-0.3, -0.25) is 0 Å². The molecule has 1 aromatic carbocycles. The summed E-state index contributed by atoms with van der Waals surface area (Å²) >= 11 is 5.83. The first-order valence-corrected chi connectivity index (χ1v) is 7.72. The van der Waals surface area contributed by atoms with E-state index in [1.807, 2.05) is 0 Å². The van der Waals surface area contributed by atoms with Crippen LogP contribution in [0, 0.1) is 6.92 Å². The van der Waals surface area contributed by atoms with E-state index in [1.54, 1.807) is 6.92 Å². The lowest BCUT2D eigenvalue weighted by molar-refractivity contribution is 0.0696. The van der Waals surface area contributed by atoms with E-state index in [-0.39, 0.29) is 34.1 Å². The van der Waals surface area contributed by atoms with E-state index in [9.17, 15) is 13.2 Å². The number of likely N-dealkylation sites (N-methyl/N-ethyl adjacent to an activating group) is 1. The lowest BCUT2D eigenvalue weighted by Crippen LogP contribution is -2.31. The Labute approximate surface area is 123 Å². The fourth-order valence-electron chi connectivity index (χ4n) is 1.82. The lowest BCUT2D eigenvalue weighted by atomic mass is 10.1. The molecule has 7 heteroatoms. The number of carboxylic acid groups (broad SMARTS) is 1. The number of halogens is 1. The van der Waals surface area contributed by atoms with Gasteiger partial charge in [-0.15, -0.1) is 6.58 Å². The van der Waals surface area contributed by atoms with Crippen molar-refractivity contribution in [3.05, 3.63) is 40.9 Å². The topological polar surface area (TPSA) is 74.7 Å². The summed E-state index contributed by atoms with van der Waals surface area (Å²) in [7, 11) is -3.81. The maximum Gasteiger partial charge on any atom is 0.336 e. The van der Waals surface area contributed by atoms with E-state index < -0.39 is 16.0 Å². The predicted octanol–water partition coefficient (Wildman–Crippen LogP) is 2.54. The van der Waals surface area contributed by atoms with Crippen molar-refractivity contribution in [2.24, 2.45) is 0 Å². The molecule has 0 bridgehead atoms. The Morgan fingerprint density at radius 1 is 1.50 bits per heavy atom. The molecule has 0 spiro atoms. The Kier molecular flexibility index (Phi) is 5.33. The molecule has 0 aromatic heterocycles. The number of benzene rings is 1. The first-order valence-electron chi connectivity index (χ1n) is 5.90. The fraction of sp³-hybridized carbons (Fsp3) is 0.308. The molecule has 5 nitrogen and oxygen atoms in total. The van der Waals surface area contributed by atoms with Crippen molar-refractivity contribution in [3.8, 4) is 0 Å². The van der Waals surface area contributed by atoms with Gasteiger partial charge in [0.15, 0.2) is 0 Å². The van der Waals surface area contributed by atoms with Crippen molar-refractivity contribution in [3.63, 3.8) is 0 Å². The average Bonchev–Trinajstić information content (AvgIpc) is 2.37. The molecule has 0 atom stereocenters. The molecule has 1 rings (SSSR count). The van der Waals surface area contributed by atoms with Gasteiger partial charge in [0.05, 0.1) is 10.5 Å². The molecule has 0 heterocycles. The molecular formula is C13H16ClNO4S. The number of hydrogen-bond donors (Lipinski definition) is 1. The Balaban J connectivity index is 3.53. The minimum atomic E-state index is -3.81. The third-order valence-electron chi connectivity index (χ3n) is 2.86. The second kappa shape index (κ2) is 6.39. The van der Waals surface area contributed by atoms with Gasteiger partial charge < -0.3 is 5.11 Å². The summed E-state index contributed by atoms with van der Waals surface area (Å²) in [5.41, 5.74) is 0.0511. The summed E-state index contributed by atoms with van der Waals surface area (Å²) in [4.78, 5) is 11.0. The Morgan fingerprint density at radius 2 is 2.10 bits per heavy atom. The van der Waals surface area contributed by atoms with E-state index in [2.05, 4.69) is 6.58 Å². The summed E-state index contributed by atoms with van der Waals surface area (Å²) in [6.45, 7) is 7.06. The Hall–Kier alpha value is -1.37. The molecule has 0 saturated heterocycles. The molecule has 0 radical (unpaired) electrons.